The van der Waals surface area contributed by atoms with E-state index in [0.717, 1.165) is 6.42 Å². The number of aryl methyl sites for hydroxylation is 2. The van der Waals surface area contributed by atoms with Gasteiger partial charge in [-0.25, -0.2) is 0 Å². The number of ether oxygens (including phenoxy) is 1. The molecular formula is C15H22O2. The third-order valence-electron chi connectivity index (χ3n) is 4.23. The highest BCUT2D eigenvalue weighted by Crippen LogP contribution is 2.34. The largest absolute Gasteiger partial charge is 0.396 e. The van der Waals surface area contributed by atoms with E-state index < -0.39 is 0 Å². The lowest BCUT2D eigenvalue weighted by Gasteiger charge is -2.41. The number of hydrogen-bond acceptors (Lipinski definition) is 2. The minimum atomic E-state index is -0.0320. The predicted octanol–water partition coefficient (Wildman–Crippen LogP) is 2.47. The molecule has 0 bridgehead atoms. The molecule has 2 rings (SSSR count). The fourth-order valence-corrected chi connectivity index (χ4v) is 2.58. The molecule has 0 radical (unpaired) electrons. The van der Waals surface area contributed by atoms with E-state index in [4.69, 9.17) is 4.74 Å². The van der Waals surface area contributed by atoms with Gasteiger partial charge in [0.05, 0.1) is 19.8 Å². The van der Waals surface area contributed by atoms with Gasteiger partial charge in [-0.2, -0.15) is 0 Å². The first kappa shape index (κ1) is 12.6. The highest BCUT2D eigenvalue weighted by Gasteiger charge is 2.38. The van der Waals surface area contributed by atoms with Crippen LogP contribution in [0.5, 0.6) is 0 Å². The Labute approximate surface area is 104 Å². The fraction of sp³-hybridized carbons (Fsp3) is 0.600. The number of benzene rings is 1. The molecule has 94 valence electrons. The molecule has 1 heterocycles. The van der Waals surface area contributed by atoms with E-state index in [-0.39, 0.29) is 12.0 Å². The molecule has 1 N–H and O–H groups in total. The number of rotatable bonds is 3. The minimum absolute atomic E-state index is 0.0320. The number of aliphatic hydroxyl groups is 1. The standard InChI is InChI=1S/C15H22O2/c1-10-5-11(2)13(4)14(12(10)3)6-15(7-16)8-17-9-15/h5,16H,6-9H2,1-4H3. The van der Waals surface area contributed by atoms with Crippen molar-refractivity contribution in [3.63, 3.8) is 0 Å². The SMILES string of the molecule is Cc1cc(C)c(C)c(CC2(CO)COC2)c1C. The monoisotopic (exact) mass is 234 g/mol. The van der Waals surface area contributed by atoms with E-state index in [1.54, 1.807) is 0 Å². The van der Waals surface area contributed by atoms with Gasteiger partial charge in [-0.1, -0.05) is 6.07 Å². The molecule has 2 nitrogen and oxygen atoms in total. The Morgan fingerprint density at radius 1 is 1.12 bits per heavy atom. The van der Waals surface area contributed by atoms with Gasteiger partial charge >= 0.3 is 0 Å². The van der Waals surface area contributed by atoms with Crippen molar-refractivity contribution in [1.82, 2.24) is 0 Å². The number of hydrogen-bond donors (Lipinski definition) is 1. The summed E-state index contributed by atoms with van der Waals surface area (Å²) in [5, 5.41) is 9.54. The van der Waals surface area contributed by atoms with Crippen molar-refractivity contribution in [2.24, 2.45) is 5.41 Å². The van der Waals surface area contributed by atoms with Crippen molar-refractivity contribution in [2.75, 3.05) is 19.8 Å². The highest BCUT2D eigenvalue weighted by atomic mass is 16.5. The Balaban J connectivity index is 2.38. The summed E-state index contributed by atoms with van der Waals surface area (Å²) < 4.78 is 5.28. The second-order valence-corrected chi connectivity index (χ2v) is 5.57. The topological polar surface area (TPSA) is 29.5 Å². The van der Waals surface area contributed by atoms with Crippen LogP contribution in [0.25, 0.3) is 0 Å². The normalized spacial score (nSPS) is 17.9. The average molecular weight is 234 g/mol. The summed E-state index contributed by atoms with van der Waals surface area (Å²) in [5.41, 5.74) is 6.80. The van der Waals surface area contributed by atoms with Crippen molar-refractivity contribution in [1.29, 1.82) is 0 Å². The van der Waals surface area contributed by atoms with Gasteiger partial charge in [0, 0.05) is 5.41 Å². The lowest BCUT2D eigenvalue weighted by Crippen LogP contribution is -2.47. The molecule has 0 spiro atoms. The van der Waals surface area contributed by atoms with Gasteiger partial charge in [0.25, 0.3) is 0 Å². The summed E-state index contributed by atoms with van der Waals surface area (Å²) in [7, 11) is 0. The molecule has 1 aliphatic heterocycles. The van der Waals surface area contributed by atoms with Crippen LogP contribution in [0.4, 0.5) is 0 Å². The van der Waals surface area contributed by atoms with E-state index >= 15 is 0 Å². The van der Waals surface area contributed by atoms with Crippen LogP contribution in [0.15, 0.2) is 6.07 Å². The molecule has 1 fully saturated rings. The predicted molar refractivity (Wildman–Crippen MR) is 69.4 cm³/mol. The minimum Gasteiger partial charge on any atom is -0.396 e. The Bertz CT molecular complexity index is 399. The average Bonchev–Trinajstić information content (AvgIpc) is 2.25. The summed E-state index contributed by atoms with van der Waals surface area (Å²) in [6.45, 7) is 10.3. The van der Waals surface area contributed by atoms with Gasteiger partial charge in [0.1, 0.15) is 0 Å². The first-order chi connectivity index (χ1) is 7.99. The molecule has 2 heteroatoms. The third-order valence-corrected chi connectivity index (χ3v) is 4.23. The maximum atomic E-state index is 9.54. The van der Waals surface area contributed by atoms with Crippen molar-refractivity contribution in [3.8, 4) is 0 Å². The van der Waals surface area contributed by atoms with Crippen LogP contribution < -0.4 is 0 Å². The quantitative estimate of drug-likeness (QED) is 0.870. The van der Waals surface area contributed by atoms with Crippen LogP contribution >= 0.6 is 0 Å². The molecular weight excluding hydrogens is 212 g/mol. The van der Waals surface area contributed by atoms with Crippen LogP contribution in [0.2, 0.25) is 0 Å². The van der Waals surface area contributed by atoms with Gasteiger partial charge in [-0.15, -0.1) is 0 Å². The maximum absolute atomic E-state index is 9.54. The molecule has 0 atom stereocenters. The maximum Gasteiger partial charge on any atom is 0.0570 e. The van der Waals surface area contributed by atoms with Crippen molar-refractivity contribution < 1.29 is 9.84 Å². The Hall–Kier alpha value is -0.860. The summed E-state index contributed by atoms with van der Waals surface area (Å²) in [5.74, 6) is 0. The molecule has 1 saturated heterocycles. The van der Waals surface area contributed by atoms with Gasteiger partial charge in [0.2, 0.25) is 0 Å². The van der Waals surface area contributed by atoms with E-state index in [9.17, 15) is 5.11 Å². The Kier molecular flexibility index (Phi) is 3.28. The molecule has 0 aromatic heterocycles. The van der Waals surface area contributed by atoms with Gasteiger partial charge in [-0.05, 0) is 61.9 Å². The molecule has 0 aliphatic carbocycles. The second-order valence-electron chi connectivity index (χ2n) is 5.57. The van der Waals surface area contributed by atoms with Crippen LogP contribution in [-0.4, -0.2) is 24.9 Å². The highest BCUT2D eigenvalue weighted by molar-refractivity contribution is 5.44. The van der Waals surface area contributed by atoms with Gasteiger partial charge in [-0.3, -0.25) is 0 Å². The van der Waals surface area contributed by atoms with Crippen molar-refractivity contribution >= 4 is 0 Å². The van der Waals surface area contributed by atoms with Crippen molar-refractivity contribution in [2.45, 2.75) is 34.1 Å². The summed E-state index contributed by atoms with van der Waals surface area (Å²) in [6, 6.07) is 2.25. The van der Waals surface area contributed by atoms with Gasteiger partial charge < -0.3 is 9.84 Å². The van der Waals surface area contributed by atoms with Gasteiger partial charge in [0.15, 0.2) is 0 Å². The first-order valence-electron chi connectivity index (χ1n) is 6.24. The summed E-state index contributed by atoms with van der Waals surface area (Å²) in [6.07, 6.45) is 0.934. The van der Waals surface area contributed by atoms with E-state index in [2.05, 4.69) is 33.8 Å². The summed E-state index contributed by atoms with van der Waals surface area (Å²) >= 11 is 0. The zero-order chi connectivity index (χ0) is 12.6. The lowest BCUT2D eigenvalue weighted by atomic mass is 9.77. The lowest BCUT2D eigenvalue weighted by molar-refractivity contribution is -0.136. The van der Waals surface area contributed by atoms with E-state index in [0.29, 0.717) is 13.2 Å². The molecule has 0 unspecified atom stereocenters. The second kappa shape index (κ2) is 4.43. The van der Waals surface area contributed by atoms with E-state index in [1.807, 2.05) is 0 Å². The van der Waals surface area contributed by atoms with Crippen LogP contribution in [0, 0.1) is 33.1 Å². The third kappa shape index (κ3) is 2.12. The zero-order valence-electron chi connectivity index (χ0n) is 11.3. The smallest absolute Gasteiger partial charge is 0.0570 e. The Morgan fingerprint density at radius 2 is 1.65 bits per heavy atom. The zero-order valence-corrected chi connectivity index (χ0v) is 11.3. The molecule has 17 heavy (non-hydrogen) atoms. The molecule has 0 amide bonds. The van der Waals surface area contributed by atoms with Crippen LogP contribution in [-0.2, 0) is 11.2 Å². The molecule has 1 aromatic rings. The van der Waals surface area contributed by atoms with Crippen LogP contribution in [0.3, 0.4) is 0 Å². The molecule has 1 aromatic carbocycles. The number of aliphatic hydroxyl groups excluding tert-OH is 1. The Morgan fingerprint density at radius 3 is 2.00 bits per heavy atom. The fourth-order valence-electron chi connectivity index (χ4n) is 2.58. The van der Waals surface area contributed by atoms with Crippen molar-refractivity contribution in [3.05, 3.63) is 33.9 Å². The first-order valence-corrected chi connectivity index (χ1v) is 6.24. The van der Waals surface area contributed by atoms with Crippen LogP contribution in [0.1, 0.15) is 27.8 Å². The van der Waals surface area contributed by atoms with E-state index in [1.165, 1.54) is 27.8 Å². The summed E-state index contributed by atoms with van der Waals surface area (Å²) in [4.78, 5) is 0. The molecule has 0 saturated carbocycles. The molecule has 1 aliphatic rings.